The highest BCUT2D eigenvalue weighted by molar-refractivity contribution is 6.29. The molecule has 4 nitrogen and oxygen atoms in total. The van der Waals surface area contributed by atoms with Gasteiger partial charge >= 0.3 is 0 Å². The van der Waals surface area contributed by atoms with Crippen LogP contribution in [0.15, 0.2) is 0 Å². The fourth-order valence-corrected chi connectivity index (χ4v) is 0.652. The van der Waals surface area contributed by atoms with E-state index in [0.29, 0.717) is 0 Å². The molecule has 0 aromatic rings. The molecule has 0 rings (SSSR count). The van der Waals surface area contributed by atoms with E-state index < -0.39 is 17.6 Å². The van der Waals surface area contributed by atoms with E-state index in [4.69, 9.17) is 11.6 Å². The first-order chi connectivity index (χ1) is 4.63. The van der Waals surface area contributed by atoms with Gasteiger partial charge in [-0.3, -0.25) is 0 Å². The molecule has 0 saturated heterocycles. The summed E-state index contributed by atoms with van der Waals surface area (Å²) in [6.45, 7) is 0. The van der Waals surface area contributed by atoms with Crippen LogP contribution in [0.5, 0.6) is 0 Å². The molecule has 0 fully saturated rings. The van der Waals surface area contributed by atoms with Gasteiger partial charge in [-0.2, -0.15) is 0 Å². The molecule has 0 aromatic carbocycles. The Morgan fingerprint density at radius 3 is 2.00 bits per heavy atom. The van der Waals surface area contributed by atoms with Crippen LogP contribution in [0, 0.1) is 0 Å². The van der Waals surface area contributed by atoms with Crippen molar-refractivity contribution in [3.8, 4) is 0 Å². The number of carbonyl (C=O) groups excluding carboxylic acids is 1. The van der Waals surface area contributed by atoms with Crippen molar-refractivity contribution in [3.63, 3.8) is 0 Å². The summed E-state index contributed by atoms with van der Waals surface area (Å²) < 4.78 is 9.10. The molecule has 0 heterocycles. The SMILES string of the molecule is COC(OC)C(Cl)C(=O)[O-]. The lowest BCUT2D eigenvalue weighted by atomic mass is 10.4. The minimum Gasteiger partial charge on any atom is -0.548 e. The van der Waals surface area contributed by atoms with Crippen LogP contribution < -0.4 is 5.11 Å². The fraction of sp³-hybridized carbons (Fsp3) is 0.800. The van der Waals surface area contributed by atoms with Crippen molar-refractivity contribution in [2.45, 2.75) is 11.7 Å². The van der Waals surface area contributed by atoms with E-state index in [1.807, 2.05) is 0 Å². The van der Waals surface area contributed by atoms with Gasteiger partial charge in [0.25, 0.3) is 0 Å². The third-order valence-corrected chi connectivity index (χ3v) is 1.31. The van der Waals surface area contributed by atoms with Crippen molar-refractivity contribution >= 4 is 17.6 Å². The van der Waals surface area contributed by atoms with Gasteiger partial charge < -0.3 is 19.4 Å². The Morgan fingerprint density at radius 1 is 1.50 bits per heavy atom. The summed E-state index contributed by atoms with van der Waals surface area (Å²) in [5.41, 5.74) is 0. The molecule has 0 amide bonds. The van der Waals surface area contributed by atoms with Crippen LogP contribution >= 0.6 is 11.6 Å². The first-order valence-corrected chi connectivity index (χ1v) is 2.97. The Labute approximate surface area is 63.7 Å². The Kier molecular flexibility index (Phi) is 4.34. The zero-order valence-electron chi connectivity index (χ0n) is 5.67. The average Bonchev–Trinajstić information content (AvgIpc) is 1.90. The standard InChI is InChI=1S/C5H9ClO4/c1-9-5(10-2)3(6)4(7)8/h3,5H,1-2H3,(H,7,8)/p-1. The number of alkyl halides is 1. The molecule has 0 bridgehead atoms. The number of carbonyl (C=O) groups is 1. The lowest BCUT2D eigenvalue weighted by Gasteiger charge is -2.19. The largest absolute Gasteiger partial charge is 0.548 e. The predicted octanol–water partition coefficient (Wildman–Crippen LogP) is -1.04. The number of carboxylic acid groups (broad SMARTS) is 1. The molecule has 1 atom stereocenters. The highest BCUT2D eigenvalue weighted by Crippen LogP contribution is 2.05. The third-order valence-electron chi connectivity index (χ3n) is 0.929. The van der Waals surface area contributed by atoms with Crippen molar-refractivity contribution in [3.05, 3.63) is 0 Å². The second-order valence-corrected chi connectivity index (χ2v) is 2.03. The van der Waals surface area contributed by atoms with E-state index in [-0.39, 0.29) is 0 Å². The van der Waals surface area contributed by atoms with Gasteiger partial charge in [0, 0.05) is 14.2 Å². The lowest BCUT2D eigenvalue weighted by Crippen LogP contribution is -2.41. The van der Waals surface area contributed by atoms with Gasteiger partial charge in [0.15, 0.2) is 6.29 Å². The summed E-state index contributed by atoms with van der Waals surface area (Å²) in [6, 6.07) is 0. The number of aliphatic carboxylic acids is 1. The van der Waals surface area contributed by atoms with Crippen LogP contribution in [0.3, 0.4) is 0 Å². The zero-order valence-corrected chi connectivity index (χ0v) is 6.42. The van der Waals surface area contributed by atoms with Crippen LogP contribution in [-0.2, 0) is 14.3 Å². The molecule has 0 aliphatic heterocycles. The van der Waals surface area contributed by atoms with Crippen molar-refractivity contribution in [2.24, 2.45) is 0 Å². The molecule has 0 aliphatic carbocycles. The van der Waals surface area contributed by atoms with Gasteiger partial charge in [-0.1, -0.05) is 0 Å². The summed E-state index contributed by atoms with van der Waals surface area (Å²) in [5, 5.41) is 8.79. The summed E-state index contributed by atoms with van der Waals surface area (Å²) in [6.07, 6.45) is -0.952. The van der Waals surface area contributed by atoms with Crippen LogP contribution in [-0.4, -0.2) is 31.9 Å². The average molecular weight is 168 g/mol. The number of rotatable bonds is 4. The van der Waals surface area contributed by atoms with E-state index >= 15 is 0 Å². The van der Waals surface area contributed by atoms with E-state index in [2.05, 4.69) is 9.47 Å². The molecule has 10 heavy (non-hydrogen) atoms. The maximum absolute atomic E-state index is 10.1. The molecular formula is C5H8ClO4-. The molecule has 0 N–H and O–H groups in total. The molecule has 60 valence electrons. The van der Waals surface area contributed by atoms with Crippen LogP contribution in [0.4, 0.5) is 0 Å². The minimum absolute atomic E-state index is 0.952. The summed E-state index contributed by atoms with van der Waals surface area (Å²) in [5.74, 6) is -1.41. The first-order valence-electron chi connectivity index (χ1n) is 2.54. The Bertz CT molecular complexity index is 112. The van der Waals surface area contributed by atoms with Gasteiger partial charge in [0.2, 0.25) is 0 Å². The van der Waals surface area contributed by atoms with Crippen LogP contribution in [0.1, 0.15) is 0 Å². The zero-order chi connectivity index (χ0) is 8.15. The molecule has 1 unspecified atom stereocenters. The monoisotopic (exact) mass is 167 g/mol. The Balaban J connectivity index is 3.88. The van der Waals surface area contributed by atoms with Crippen molar-refractivity contribution in [1.29, 1.82) is 0 Å². The topological polar surface area (TPSA) is 58.6 Å². The molecule has 0 spiro atoms. The number of hydrogen-bond acceptors (Lipinski definition) is 4. The van der Waals surface area contributed by atoms with E-state index in [1.54, 1.807) is 0 Å². The molecule has 0 saturated carbocycles. The maximum atomic E-state index is 10.1. The van der Waals surface area contributed by atoms with Crippen molar-refractivity contribution < 1.29 is 19.4 Å². The number of halogens is 1. The van der Waals surface area contributed by atoms with Crippen LogP contribution in [0.2, 0.25) is 0 Å². The number of methoxy groups -OCH3 is 2. The maximum Gasteiger partial charge on any atom is 0.178 e. The van der Waals surface area contributed by atoms with E-state index in [9.17, 15) is 9.90 Å². The molecular weight excluding hydrogens is 160 g/mol. The summed E-state index contributed by atoms with van der Waals surface area (Å²) in [4.78, 5) is 10.1. The second kappa shape index (κ2) is 4.49. The van der Waals surface area contributed by atoms with Crippen LogP contribution in [0.25, 0.3) is 0 Å². The summed E-state index contributed by atoms with van der Waals surface area (Å²) in [7, 11) is 2.60. The fourth-order valence-electron chi connectivity index (χ4n) is 0.446. The predicted molar refractivity (Wildman–Crippen MR) is 32.5 cm³/mol. The smallest absolute Gasteiger partial charge is 0.178 e. The third kappa shape index (κ3) is 2.51. The van der Waals surface area contributed by atoms with Crippen molar-refractivity contribution in [2.75, 3.05) is 14.2 Å². The van der Waals surface area contributed by atoms with Gasteiger partial charge in [-0.15, -0.1) is 11.6 Å². The van der Waals surface area contributed by atoms with Gasteiger partial charge in [0.05, 0.1) is 5.97 Å². The molecule has 0 aromatic heterocycles. The Morgan fingerprint density at radius 2 is 1.90 bits per heavy atom. The van der Waals surface area contributed by atoms with Gasteiger partial charge in [-0.05, 0) is 0 Å². The number of ether oxygens (including phenoxy) is 2. The quantitative estimate of drug-likeness (QED) is 0.397. The van der Waals surface area contributed by atoms with Gasteiger partial charge in [0.1, 0.15) is 5.38 Å². The number of carboxylic acids is 1. The normalized spacial score (nSPS) is 13.6. The first kappa shape index (κ1) is 9.68. The number of hydrogen-bond donors (Lipinski definition) is 0. The highest BCUT2D eigenvalue weighted by atomic mass is 35.5. The highest BCUT2D eigenvalue weighted by Gasteiger charge is 2.18. The molecule has 0 radical (unpaired) electrons. The second-order valence-electron chi connectivity index (χ2n) is 1.56. The van der Waals surface area contributed by atoms with E-state index in [1.165, 1.54) is 14.2 Å². The van der Waals surface area contributed by atoms with Gasteiger partial charge in [-0.25, -0.2) is 0 Å². The summed E-state index contributed by atoms with van der Waals surface area (Å²) >= 11 is 5.27. The van der Waals surface area contributed by atoms with E-state index in [0.717, 1.165) is 0 Å². The molecule has 5 heteroatoms. The minimum atomic E-state index is -1.41. The molecule has 0 aliphatic rings. The lowest BCUT2D eigenvalue weighted by molar-refractivity contribution is -0.310. The Hall–Kier alpha value is -0.320. The van der Waals surface area contributed by atoms with Crippen molar-refractivity contribution in [1.82, 2.24) is 0 Å².